The van der Waals surface area contributed by atoms with E-state index in [4.69, 9.17) is 0 Å². The first kappa shape index (κ1) is 13.7. The predicted octanol–water partition coefficient (Wildman–Crippen LogP) is 4.06. The minimum absolute atomic E-state index is 0.154. The van der Waals surface area contributed by atoms with Crippen molar-refractivity contribution in [1.29, 1.82) is 0 Å². The monoisotopic (exact) mass is 328 g/mol. The van der Waals surface area contributed by atoms with Crippen LogP contribution in [0.15, 0.2) is 47.2 Å². The van der Waals surface area contributed by atoms with Crippen LogP contribution in [-0.2, 0) is 6.54 Å². The smallest absolute Gasteiger partial charge is 0.387 e. The van der Waals surface area contributed by atoms with Crippen molar-refractivity contribution in [2.45, 2.75) is 13.2 Å². The van der Waals surface area contributed by atoms with E-state index in [0.29, 0.717) is 6.54 Å². The van der Waals surface area contributed by atoms with Crippen LogP contribution in [-0.4, -0.2) is 11.6 Å². The number of ether oxygens (including phenoxy) is 1. The van der Waals surface area contributed by atoms with E-state index in [1.54, 1.807) is 18.3 Å². The van der Waals surface area contributed by atoms with Gasteiger partial charge in [0.1, 0.15) is 10.4 Å². The molecule has 0 bridgehead atoms. The van der Waals surface area contributed by atoms with Gasteiger partial charge in [-0.1, -0.05) is 12.1 Å². The zero-order valence-electron chi connectivity index (χ0n) is 9.82. The minimum atomic E-state index is -2.80. The molecule has 0 saturated heterocycles. The van der Waals surface area contributed by atoms with Gasteiger partial charge in [-0.25, -0.2) is 4.98 Å². The molecule has 1 heterocycles. The third kappa shape index (κ3) is 4.17. The van der Waals surface area contributed by atoms with Crippen LogP contribution < -0.4 is 10.1 Å². The molecular weight excluding hydrogens is 318 g/mol. The summed E-state index contributed by atoms with van der Waals surface area (Å²) in [5.74, 6) is 0.154. The van der Waals surface area contributed by atoms with Gasteiger partial charge in [0, 0.05) is 12.7 Å². The molecule has 0 radical (unpaired) electrons. The van der Waals surface area contributed by atoms with Crippen molar-refractivity contribution in [1.82, 2.24) is 4.98 Å². The quantitative estimate of drug-likeness (QED) is 0.840. The predicted molar refractivity (Wildman–Crippen MR) is 72.3 cm³/mol. The van der Waals surface area contributed by atoms with Crippen LogP contribution in [0.1, 0.15) is 5.56 Å². The highest BCUT2D eigenvalue weighted by Crippen LogP contribution is 2.20. The number of benzene rings is 1. The maximum Gasteiger partial charge on any atom is 0.387 e. The Labute approximate surface area is 117 Å². The summed E-state index contributed by atoms with van der Waals surface area (Å²) in [5, 5.41) is 3.19. The average molecular weight is 329 g/mol. The third-order valence-corrected chi connectivity index (χ3v) is 3.02. The highest BCUT2D eigenvalue weighted by molar-refractivity contribution is 9.10. The van der Waals surface area contributed by atoms with E-state index in [-0.39, 0.29) is 5.75 Å². The van der Waals surface area contributed by atoms with E-state index in [9.17, 15) is 8.78 Å². The van der Waals surface area contributed by atoms with E-state index < -0.39 is 6.61 Å². The summed E-state index contributed by atoms with van der Waals surface area (Å²) in [5.41, 5.74) is 1.83. The molecule has 0 aliphatic heterocycles. The van der Waals surface area contributed by atoms with Gasteiger partial charge in [-0.15, -0.1) is 0 Å². The summed E-state index contributed by atoms with van der Waals surface area (Å²) in [6.45, 7) is -2.23. The average Bonchev–Trinajstić information content (AvgIpc) is 2.39. The van der Waals surface area contributed by atoms with Crippen LogP contribution >= 0.6 is 15.9 Å². The van der Waals surface area contributed by atoms with Crippen molar-refractivity contribution in [2.75, 3.05) is 5.32 Å². The molecular formula is C13H11BrF2N2O. The molecule has 0 atom stereocenters. The molecule has 2 rings (SSSR count). The van der Waals surface area contributed by atoms with Crippen LogP contribution in [0.25, 0.3) is 0 Å². The topological polar surface area (TPSA) is 34.1 Å². The second kappa shape index (κ2) is 6.47. The Morgan fingerprint density at radius 2 is 1.95 bits per heavy atom. The van der Waals surface area contributed by atoms with Gasteiger partial charge in [-0.3, -0.25) is 0 Å². The normalized spacial score (nSPS) is 10.5. The fourth-order valence-corrected chi connectivity index (χ4v) is 1.89. The molecule has 100 valence electrons. The Hall–Kier alpha value is -1.69. The first-order chi connectivity index (χ1) is 9.15. The van der Waals surface area contributed by atoms with Crippen molar-refractivity contribution in [2.24, 2.45) is 0 Å². The van der Waals surface area contributed by atoms with Gasteiger partial charge < -0.3 is 10.1 Å². The van der Waals surface area contributed by atoms with Crippen molar-refractivity contribution < 1.29 is 13.5 Å². The largest absolute Gasteiger partial charge is 0.435 e. The van der Waals surface area contributed by atoms with Crippen LogP contribution in [0.3, 0.4) is 0 Å². The number of hydrogen-bond donors (Lipinski definition) is 1. The Morgan fingerprint density at radius 3 is 2.58 bits per heavy atom. The zero-order chi connectivity index (χ0) is 13.7. The Morgan fingerprint density at radius 1 is 1.21 bits per heavy atom. The number of alkyl halides is 2. The van der Waals surface area contributed by atoms with Crippen molar-refractivity contribution in [3.63, 3.8) is 0 Å². The van der Waals surface area contributed by atoms with Gasteiger partial charge in [0.2, 0.25) is 0 Å². The molecule has 1 N–H and O–H groups in total. The molecule has 1 aromatic carbocycles. The maximum absolute atomic E-state index is 12.0. The van der Waals surface area contributed by atoms with E-state index >= 15 is 0 Å². The second-order valence-corrected chi connectivity index (χ2v) is 4.47. The number of halogens is 3. The van der Waals surface area contributed by atoms with Crippen molar-refractivity contribution >= 4 is 21.6 Å². The number of nitrogens with zero attached hydrogens (tertiary/aromatic N) is 1. The Bertz CT molecular complexity index is 534. The van der Waals surface area contributed by atoms with Gasteiger partial charge >= 0.3 is 6.61 Å². The fraction of sp³-hybridized carbons (Fsp3) is 0.154. The van der Waals surface area contributed by atoms with Crippen molar-refractivity contribution in [3.8, 4) is 5.75 Å². The highest BCUT2D eigenvalue weighted by Gasteiger charge is 2.04. The summed E-state index contributed by atoms with van der Waals surface area (Å²) < 4.78 is 29.0. The lowest BCUT2D eigenvalue weighted by molar-refractivity contribution is -0.0498. The molecule has 0 amide bonds. The van der Waals surface area contributed by atoms with Gasteiger partial charge in [0.05, 0.1) is 5.69 Å². The van der Waals surface area contributed by atoms with Gasteiger partial charge in [0.25, 0.3) is 0 Å². The van der Waals surface area contributed by atoms with Crippen LogP contribution in [0.2, 0.25) is 0 Å². The molecule has 6 heteroatoms. The third-order valence-electron chi connectivity index (χ3n) is 2.39. The summed E-state index contributed by atoms with van der Waals surface area (Å²) in [6, 6.07) is 10.2. The standard InChI is InChI=1S/C13H11BrF2N2O/c14-12-11(2-1-7-17-12)18-8-9-3-5-10(6-4-9)19-13(15)16/h1-7,13,18H,8H2. The van der Waals surface area contributed by atoms with Gasteiger partial charge in [-0.05, 0) is 45.8 Å². The van der Waals surface area contributed by atoms with Crippen molar-refractivity contribution in [3.05, 3.63) is 52.8 Å². The Kier molecular flexibility index (Phi) is 4.68. The number of pyridine rings is 1. The molecule has 0 aliphatic carbocycles. The van der Waals surface area contributed by atoms with E-state index in [0.717, 1.165) is 15.9 Å². The van der Waals surface area contributed by atoms with Crippen LogP contribution in [0.5, 0.6) is 5.75 Å². The minimum Gasteiger partial charge on any atom is -0.435 e. The molecule has 1 aromatic heterocycles. The number of hydrogen-bond acceptors (Lipinski definition) is 3. The Balaban J connectivity index is 1.95. The lowest BCUT2D eigenvalue weighted by Gasteiger charge is -2.09. The fourth-order valence-electron chi connectivity index (χ4n) is 1.50. The number of anilines is 1. The van der Waals surface area contributed by atoms with E-state index in [1.807, 2.05) is 12.1 Å². The second-order valence-electron chi connectivity index (χ2n) is 3.72. The number of rotatable bonds is 5. The molecule has 0 aliphatic rings. The summed E-state index contributed by atoms with van der Waals surface area (Å²) >= 11 is 3.33. The SMILES string of the molecule is FC(F)Oc1ccc(CNc2cccnc2Br)cc1. The van der Waals surface area contributed by atoms with Crippen LogP contribution in [0.4, 0.5) is 14.5 Å². The summed E-state index contributed by atoms with van der Waals surface area (Å²) in [4.78, 5) is 4.09. The maximum atomic E-state index is 12.0. The number of nitrogens with one attached hydrogen (secondary N) is 1. The molecule has 0 saturated carbocycles. The zero-order valence-corrected chi connectivity index (χ0v) is 11.4. The van der Waals surface area contributed by atoms with Gasteiger partial charge in [-0.2, -0.15) is 8.78 Å². The number of aromatic nitrogens is 1. The van der Waals surface area contributed by atoms with Crippen LogP contribution in [0, 0.1) is 0 Å². The lowest BCUT2D eigenvalue weighted by Crippen LogP contribution is -2.03. The van der Waals surface area contributed by atoms with E-state index in [1.165, 1.54) is 12.1 Å². The van der Waals surface area contributed by atoms with Gasteiger partial charge in [0.15, 0.2) is 0 Å². The first-order valence-electron chi connectivity index (χ1n) is 5.53. The summed E-state index contributed by atoms with van der Waals surface area (Å²) in [6.07, 6.45) is 1.69. The molecule has 3 nitrogen and oxygen atoms in total. The molecule has 2 aromatic rings. The first-order valence-corrected chi connectivity index (χ1v) is 6.32. The molecule has 19 heavy (non-hydrogen) atoms. The molecule has 0 unspecified atom stereocenters. The lowest BCUT2D eigenvalue weighted by atomic mass is 10.2. The molecule has 0 fully saturated rings. The van der Waals surface area contributed by atoms with E-state index in [2.05, 4.69) is 31.0 Å². The highest BCUT2D eigenvalue weighted by atomic mass is 79.9. The molecule has 0 spiro atoms. The summed E-state index contributed by atoms with van der Waals surface area (Å²) in [7, 11) is 0.